The molecule has 1 heterocycles. The molecule has 1 saturated heterocycles. The SMILES string of the molecule is CC(=O)C=Cc1cccc(B2OC(C)(C)C(C)(C)O2)c1. The van der Waals surface area contributed by atoms with E-state index >= 15 is 0 Å². The van der Waals surface area contributed by atoms with Gasteiger partial charge >= 0.3 is 7.12 Å². The maximum atomic E-state index is 11.0. The Morgan fingerprint density at radius 3 is 2.30 bits per heavy atom. The number of hydrogen-bond donors (Lipinski definition) is 0. The van der Waals surface area contributed by atoms with Gasteiger partial charge in [0.2, 0.25) is 0 Å². The zero-order valence-electron chi connectivity index (χ0n) is 12.8. The van der Waals surface area contributed by atoms with Crippen LogP contribution < -0.4 is 5.46 Å². The first-order valence-electron chi connectivity index (χ1n) is 6.85. The third-order valence-corrected chi connectivity index (χ3v) is 3.95. The highest BCUT2D eigenvalue weighted by atomic mass is 16.7. The van der Waals surface area contributed by atoms with Gasteiger partial charge in [-0.2, -0.15) is 0 Å². The molecule has 0 N–H and O–H groups in total. The lowest BCUT2D eigenvalue weighted by Crippen LogP contribution is -2.41. The molecule has 2 rings (SSSR count). The molecule has 106 valence electrons. The van der Waals surface area contributed by atoms with Crippen molar-refractivity contribution >= 4 is 24.4 Å². The van der Waals surface area contributed by atoms with Gasteiger partial charge in [-0.25, -0.2) is 0 Å². The highest BCUT2D eigenvalue weighted by molar-refractivity contribution is 6.62. The van der Waals surface area contributed by atoms with Gasteiger partial charge < -0.3 is 9.31 Å². The topological polar surface area (TPSA) is 35.5 Å². The van der Waals surface area contributed by atoms with Crippen molar-refractivity contribution in [3.8, 4) is 0 Å². The molecule has 0 unspecified atom stereocenters. The Morgan fingerprint density at radius 2 is 1.75 bits per heavy atom. The van der Waals surface area contributed by atoms with Crippen molar-refractivity contribution in [1.82, 2.24) is 0 Å². The molecule has 3 nitrogen and oxygen atoms in total. The van der Waals surface area contributed by atoms with Crippen LogP contribution in [0.5, 0.6) is 0 Å². The predicted octanol–water partition coefficient (Wildman–Crippen LogP) is 2.59. The molecule has 0 radical (unpaired) electrons. The summed E-state index contributed by atoms with van der Waals surface area (Å²) in [7, 11) is -0.370. The molecule has 0 saturated carbocycles. The van der Waals surface area contributed by atoms with Gasteiger partial charge in [-0.1, -0.05) is 30.3 Å². The molecule has 0 spiro atoms. The summed E-state index contributed by atoms with van der Waals surface area (Å²) in [5, 5.41) is 0. The summed E-state index contributed by atoms with van der Waals surface area (Å²) in [6.07, 6.45) is 3.36. The Morgan fingerprint density at radius 1 is 1.15 bits per heavy atom. The summed E-state index contributed by atoms with van der Waals surface area (Å²) in [4.78, 5) is 11.0. The number of rotatable bonds is 3. The van der Waals surface area contributed by atoms with Crippen LogP contribution in [0.2, 0.25) is 0 Å². The minimum Gasteiger partial charge on any atom is -0.399 e. The molecule has 0 aliphatic carbocycles. The van der Waals surface area contributed by atoms with Gasteiger partial charge in [0, 0.05) is 0 Å². The Hall–Kier alpha value is -1.39. The van der Waals surface area contributed by atoms with E-state index in [1.54, 1.807) is 12.2 Å². The summed E-state index contributed by atoms with van der Waals surface area (Å²) >= 11 is 0. The highest BCUT2D eigenvalue weighted by Gasteiger charge is 2.51. The second-order valence-electron chi connectivity index (χ2n) is 6.20. The minimum atomic E-state index is -0.370. The third-order valence-electron chi connectivity index (χ3n) is 3.95. The molecule has 1 aliphatic heterocycles. The van der Waals surface area contributed by atoms with Crippen molar-refractivity contribution in [2.75, 3.05) is 0 Å². The number of carbonyl (C=O) groups excluding carboxylic acids is 1. The van der Waals surface area contributed by atoms with Gasteiger partial charge in [-0.3, -0.25) is 4.79 Å². The lowest BCUT2D eigenvalue weighted by molar-refractivity contribution is -0.112. The van der Waals surface area contributed by atoms with Crippen LogP contribution in [0.1, 0.15) is 40.2 Å². The number of benzene rings is 1. The van der Waals surface area contributed by atoms with E-state index in [9.17, 15) is 4.79 Å². The second kappa shape index (κ2) is 5.19. The Balaban J connectivity index is 2.23. The molecule has 20 heavy (non-hydrogen) atoms. The first-order chi connectivity index (χ1) is 9.21. The number of ketones is 1. The van der Waals surface area contributed by atoms with Crippen molar-refractivity contribution in [2.45, 2.75) is 45.8 Å². The molecule has 1 aromatic carbocycles. The van der Waals surface area contributed by atoms with Gasteiger partial charge in [0.05, 0.1) is 11.2 Å². The summed E-state index contributed by atoms with van der Waals surface area (Å²) in [5.41, 5.74) is 1.24. The van der Waals surface area contributed by atoms with Crippen LogP contribution in [-0.4, -0.2) is 24.1 Å². The van der Waals surface area contributed by atoms with Crippen molar-refractivity contribution < 1.29 is 14.1 Å². The molecule has 0 aromatic heterocycles. The summed E-state index contributed by atoms with van der Waals surface area (Å²) in [5.74, 6) is 0.0334. The molecular formula is C16H21BO3. The largest absolute Gasteiger partial charge is 0.494 e. The van der Waals surface area contributed by atoms with Crippen LogP contribution in [0, 0.1) is 0 Å². The normalized spacial score (nSPS) is 20.6. The van der Waals surface area contributed by atoms with Crippen LogP contribution in [0.3, 0.4) is 0 Å². The molecule has 1 aliphatic rings. The van der Waals surface area contributed by atoms with Gasteiger partial charge in [-0.05, 0) is 51.7 Å². The molecule has 1 fully saturated rings. The number of allylic oxidation sites excluding steroid dienone is 1. The minimum absolute atomic E-state index is 0.0334. The van der Waals surface area contributed by atoms with Gasteiger partial charge in [0.15, 0.2) is 5.78 Å². The lowest BCUT2D eigenvalue weighted by atomic mass is 9.78. The van der Waals surface area contributed by atoms with Crippen LogP contribution >= 0.6 is 0 Å². The van der Waals surface area contributed by atoms with E-state index in [-0.39, 0.29) is 24.1 Å². The van der Waals surface area contributed by atoms with Crippen molar-refractivity contribution in [3.05, 3.63) is 35.9 Å². The summed E-state index contributed by atoms with van der Waals surface area (Å²) in [6.45, 7) is 9.67. The number of hydrogen-bond acceptors (Lipinski definition) is 3. The van der Waals surface area contributed by atoms with Crippen LogP contribution in [0.4, 0.5) is 0 Å². The maximum absolute atomic E-state index is 11.0. The predicted molar refractivity (Wildman–Crippen MR) is 81.9 cm³/mol. The Labute approximate surface area is 121 Å². The van der Waals surface area contributed by atoms with E-state index in [2.05, 4.69) is 0 Å². The quantitative estimate of drug-likeness (QED) is 0.626. The molecular weight excluding hydrogens is 251 g/mol. The van der Waals surface area contributed by atoms with E-state index in [1.807, 2.05) is 52.0 Å². The van der Waals surface area contributed by atoms with E-state index in [0.29, 0.717) is 0 Å². The van der Waals surface area contributed by atoms with Crippen molar-refractivity contribution in [1.29, 1.82) is 0 Å². The fourth-order valence-electron chi connectivity index (χ4n) is 2.00. The second-order valence-corrected chi connectivity index (χ2v) is 6.20. The number of carbonyl (C=O) groups is 1. The van der Waals surface area contributed by atoms with Crippen LogP contribution in [0.15, 0.2) is 30.3 Å². The van der Waals surface area contributed by atoms with E-state index in [1.165, 1.54) is 6.92 Å². The standard InChI is InChI=1S/C16H21BO3/c1-12(18)9-10-13-7-6-8-14(11-13)17-19-15(2,3)16(4,5)20-17/h6-11H,1-5H3. The maximum Gasteiger partial charge on any atom is 0.494 e. The monoisotopic (exact) mass is 272 g/mol. The molecule has 4 heteroatoms. The van der Waals surface area contributed by atoms with Gasteiger partial charge in [-0.15, -0.1) is 0 Å². The average molecular weight is 272 g/mol. The summed E-state index contributed by atoms with van der Waals surface area (Å²) in [6, 6.07) is 7.86. The molecule has 0 atom stereocenters. The highest BCUT2D eigenvalue weighted by Crippen LogP contribution is 2.36. The van der Waals surface area contributed by atoms with Crippen molar-refractivity contribution in [3.63, 3.8) is 0 Å². The Bertz CT molecular complexity index is 530. The third kappa shape index (κ3) is 3.02. The van der Waals surface area contributed by atoms with Crippen molar-refractivity contribution in [2.24, 2.45) is 0 Å². The lowest BCUT2D eigenvalue weighted by Gasteiger charge is -2.32. The van der Waals surface area contributed by atoms with Crippen LogP contribution in [0.25, 0.3) is 6.08 Å². The fraction of sp³-hybridized carbons (Fsp3) is 0.438. The first kappa shape index (κ1) is 15.0. The zero-order chi connectivity index (χ0) is 15.0. The van der Waals surface area contributed by atoms with E-state index < -0.39 is 0 Å². The average Bonchev–Trinajstić information content (AvgIpc) is 2.56. The van der Waals surface area contributed by atoms with Crippen LogP contribution in [-0.2, 0) is 14.1 Å². The van der Waals surface area contributed by atoms with E-state index in [0.717, 1.165) is 11.0 Å². The smallest absolute Gasteiger partial charge is 0.399 e. The van der Waals surface area contributed by atoms with E-state index in [4.69, 9.17) is 9.31 Å². The first-order valence-corrected chi connectivity index (χ1v) is 6.85. The molecule has 1 aromatic rings. The zero-order valence-corrected chi connectivity index (χ0v) is 12.8. The Kier molecular flexibility index (Phi) is 3.89. The molecule has 0 amide bonds. The molecule has 0 bridgehead atoms. The fourth-order valence-corrected chi connectivity index (χ4v) is 2.00. The van der Waals surface area contributed by atoms with Gasteiger partial charge in [0.25, 0.3) is 0 Å². The summed E-state index contributed by atoms with van der Waals surface area (Å²) < 4.78 is 12.0. The van der Waals surface area contributed by atoms with Gasteiger partial charge in [0.1, 0.15) is 0 Å².